The first-order valence-electron chi connectivity index (χ1n) is 6.00. The van der Waals surface area contributed by atoms with Crippen LogP contribution in [0.5, 0.6) is 5.75 Å². The van der Waals surface area contributed by atoms with E-state index in [2.05, 4.69) is 10.6 Å². The summed E-state index contributed by atoms with van der Waals surface area (Å²) in [6, 6.07) is 16.8. The minimum atomic E-state index is 0.239. The Morgan fingerprint density at radius 3 is 2.32 bits per heavy atom. The number of phenols is 1. The summed E-state index contributed by atoms with van der Waals surface area (Å²) in [5.74, 6) is 1.09. The van der Waals surface area contributed by atoms with Gasteiger partial charge in [-0.1, -0.05) is 18.2 Å². The standard InChI is InChI=1S/C14H14N4O/c1-11-15-18(13-7-9-14(19)10-8-13)16-17(11)12-5-3-2-4-6-12/h2-10,16,19H,1H3. The fourth-order valence-electron chi connectivity index (χ4n) is 1.91. The Morgan fingerprint density at radius 2 is 1.63 bits per heavy atom. The van der Waals surface area contributed by atoms with E-state index in [1.54, 1.807) is 29.4 Å². The molecule has 96 valence electrons. The van der Waals surface area contributed by atoms with Crippen LogP contribution < -0.4 is 15.7 Å². The molecule has 0 saturated carbocycles. The number of amidine groups is 1. The van der Waals surface area contributed by atoms with Crippen molar-refractivity contribution in [1.29, 1.82) is 0 Å². The highest BCUT2D eigenvalue weighted by atomic mass is 16.3. The molecule has 2 N–H and O–H groups in total. The molecule has 0 atom stereocenters. The lowest BCUT2D eigenvalue weighted by Gasteiger charge is -2.21. The number of hydrazine groups is 2. The number of nitrogens with one attached hydrogen (secondary N) is 1. The number of rotatable bonds is 2. The normalized spacial score (nSPS) is 14.7. The highest BCUT2D eigenvalue weighted by Gasteiger charge is 2.21. The summed E-state index contributed by atoms with van der Waals surface area (Å²) in [4.78, 5) is 0. The first kappa shape index (κ1) is 11.6. The number of nitrogens with zero attached hydrogens (tertiary/aromatic N) is 3. The van der Waals surface area contributed by atoms with Gasteiger partial charge in [0.25, 0.3) is 0 Å². The van der Waals surface area contributed by atoms with Crippen LogP contribution in [0.25, 0.3) is 0 Å². The first-order valence-corrected chi connectivity index (χ1v) is 6.00. The zero-order chi connectivity index (χ0) is 13.2. The summed E-state index contributed by atoms with van der Waals surface area (Å²) >= 11 is 0. The second kappa shape index (κ2) is 4.62. The predicted molar refractivity (Wildman–Crippen MR) is 75.8 cm³/mol. The smallest absolute Gasteiger partial charge is 0.144 e. The van der Waals surface area contributed by atoms with E-state index in [0.29, 0.717) is 0 Å². The van der Waals surface area contributed by atoms with Crippen LogP contribution in [0.3, 0.4) is 0 Å². The van der Waals surface area contributed by atoms with Gasteiger partial charge in [0.1, 0.15) is 11.6 Å². The SMILES string of the molecule is CC1=NN(c2ccc(O)cc2)NN1c1ccccc1. The average Bonchev–Trinajstić information content (AvgIpc) is 2.83. The second-order valence-electron chi connectivity index (χ2n) is 4.25. The molecule has 5 nitrogen and oxygen atoms in total. The molecular weight excluding hydrogens is 240 g/mol. The minimum Gasteiger partial charge on any atom is -0.508 e. The number of benzene rings is 2. The molecule has 2 aromatic rings. The van der Waals surface area contributed by atoms with E-state index in [-0.39, 0.29) is 5.75 Å². The lowest BCUT2D eigenvalue weighted by Crippen LogP contribution is -2.42. The molecule has 1 aliphatic rings. The van der Waals surface area contributed by atoms with Crippen molar-refractivity contribution in [2.45, 2.75) is 6.92 Å². The fraction of sp³-hybridized carbons (Fsp3) is 0.0714. The topological polar surface area (TPSA) is 51.1 Å². The number of anilines is 2. The number of hydrogen-bond donors (Lipinski definition) is 2. The van der Waals surface area contributed by atoms with Gasteiger partial charge in [0.2, 0.25) is 0 Å². The van der Waals surface area contributed by atoms with Crippen molar-refractivity contribution in [3.8, 4) is 5.75 Å². The third kappa shape index (κ3) is 2.23. The maximum atomic E-state index is 9.30. The molecule has 2 aromatic carbocycles. The molecule has 0 spiro atoms. The molecule has 0 amide bonds. The molecular formula is C14H14N4O. The van der Waals surface area contributed by atoms with E-state index in [9.17, 15) is 5.11 Å². The first-order chi connectivity index (χ1) is 9.24. The lowest BCUT2D eigenvalue weighted by molar-refractivity contribution is 0.475. The van der Waals surface area contributed by atoms with Crippen LogP contribution in [-0.4, -0.2) is 10.9 Å². The van der Waals surface area contributed by atoms with Crippen LogP contribution in [0.1, 0.15) is 6.92 Å². The van der Waals surface area contributed by atoms with Crippen molar-refractivity contribution in [2.75, 3.05) is 10.1 Å². The van der Waals surface area contributed by atoms with Gasteiger partial charge in [-0.2, -0.15) is 5.12 Å². The molecule has 0 aromatic heterocycles. The molecule has 5 heteroatoms. The number of aromatic hydroxyl groups is 1. The highest BCUT2D eigenvalue weighted by Crippen LogP contribution is 2.22. The Hall–Kier alpha value is -2.53. The summed E-state index contributed by atoms with van der Waals surface area (Å²) in [5, 5.41) is 17.3. The number of para-hydroxylation sites is 1. The van der Waals surface area contributed by atoms with Crippen molar-refractivity contribution < 1.29 is 5.11 Å². The molecule has 0 aliphatic carbocycles. The molecule has 0 saturated heterocycles. The summed E-state index contributed by atoms with van der Waals surface area (Å²) in [5.41, 5.74) is 5.05. The number of hydrazone groups is 1. The van der Waals surface area contributed by atoms with Crippen molar-refractivity contribution >= 4 is 17.2 Å². The van der Waals surface area contributed by atoms with Crippen LogP contribution >= 0.6 is 0 Å². The summed E-state index contributed by atoms with van der Waals surface area (Å²) in [6.45, 7) is 1.93. The van der Waals surface area contributed by atoms with Gasteiger partial charge in [0, 0.05) is 0 Å². The summed E-state index contributed by atoms with van der Waals surface area (Å²) in [7, 11) is 0. The van der Waals surface area contributed by atoms with Gasteiger partial charge >= 0.3 is 0 Å². The van der Waals surface area contributed by atoms with E-state index in [1.807, 2.05) is 42.3 Å². The maximum absolute atomic E-state index is 9.30. The number of phenolic OH excluding ortho intramolecular Hbond substituents is 1. The van der Waals surface area contributed by atoms with Gasteiger partial charge < -0.3 is 5.11 Å². The molecule has 0 bridgehead atoms. The second-order valence-corrected chi connectivity index (χ2v) is 4.25. The van der Waals surface area contributed by atoms with Crippen molar-refractivity contribution in [1.82, 2.24) is 5.53 Å². The van der Waals surface area contributed by atoms with Crippen molar-refractivity contribution in [3.63, 3.8) is 0 Å². The van der Waals surface area contributed by atoms with Crippen LogP contribution in [0.2, 0.25) is 0 Å². The Kier molecular flexibility index (Phi) is 2.81. The van der Waals surface area contributed by atoms with Crippen LogP contribution in [-0.2, 0) is 0 Å². The Morgan fingerprint density at radius 1 is 0.947 bits per heavy atom. The van der Waals surface area contributed by atoms with Crippen molar-refractivity contribution in [2.24, 2.45) is 5.10 Å². The summed E-state index contributed by atoms with van der Waals surface area (Å²) in [6.07, 6.45) is 0. The minimum absolute atomic E-state index is 0.239. The van der Waals surface area contributed by atoms with Gasteiger partial charge in [-0.05, 0) is 43.3 Å². The van der Waals surface area contributed by atoms with E-state index in [0.717, 1.165) is 17.2 Å². The Balaban J connectivity index is 1.84. The highest BCUT2D eigenvalue weighted by molar-refractivity contribution is 5.97. The van der Waals surface area contributed by atoms with Crippen LogP contribution in [0.15, 0.2) is 59.7 Å². The predicted octanol–water partition coefficient (Wildman–Crippen LogP) is 2.47. The molecule has 0 fully saturated rings. The van der Waals surface area contributed by atoms with E-state index in [4.69, 9.17) is 0 Å². The zero-order valence-corrected chi connectivity index (χ0v) is 10.5. The van der Waals surface area contributed by atoms with Crippen molar-refractivity contribution in [3.05, 3.63) is 54.6 Å². The molecule has 1 aliphatic heterocycles. The van der Waals surface area contributed by atoms with Gasteiger partial charge in [0.05, 0.1) is 11.4 Å². The van der Waals surface area contributed by atoms with E-state index >= 15 is 0 Å². The monoisotopic (exact) mass is 254 g/mol. The largest absolute Gasteiger partial charge is 0.508 e. The molecule has 1 heterocycles. The Labute approximate surface area is 111 Å². The molecule has 19 heavy (non-hydrogen) atoms. The average molecular weight is 254 g/mol. The maximum Gasteiger partial charge on any atom is 0.144 e. The molecule has 0 unspecified atom stereocenters. The Bertz CT molecular complexity index is 595. The zero-order valence-electron chi connectivity index (χ0n) is 10.5. The number of hydrogen-bond acceptors (Lipinski definition) is 5. The van der Waals surface area contributed by atoms with Gasteiger partial charge in [-0.3, -0.25) is 0 Å². The lowest BCUT2D eigenvalue weighted by atomic mass is 10.3. The van der Waals surface area contributed by atoms with Crippen LogP contribution in [0.4, 0.5) is 11.4 Å². The third-order valence-electron chi connectivity index (χ3n) is 2.87. The summed E-state index contributed by atoms with van der Waals surface area (Å²) < 4.78 is 0. The van der Waals surface area contributed by atoms with E-state index < -0.39 is 0 Å². The van der Waals surface area contributed by atoms with Gasteiger partial charge in [-0.15, -0.1) is 10.6 Å². The van der Waals surface area contributed by atoms with Crippen LogP contribution in [0, 0.1) is 0 Å². The third-order valence-corrected chi connectivity index (χ3v) is 2.87. The van der Waals surface area contributed by atoms with Gasteiger partial charge in [-0.25, -0.2) is 5.01 Å². The molecule has 0 radical (unpaired) electrons. The van der Waals surface area contributed by atoms with Gasteiger partial charge in [0.15, 0.2) is 0 Å². The fourth-order valence-corrected chi connectivity index (χ4v) is 1.91. The van der Waals surface area contributed by atoms with E-state index in [1.165, 1.54) is 0 Å². The molecule has 3 rings (SSSR count). The quantitative estimate of drug-likeness (QED) is 0.864.